The summed E-state index contributed by atoms with van der Waals surface area (Å²) in [5, 5.41) is 34.7. The van der Waals surface area contributed by atoms with Crippen molar-refractivity contribution >= 4 is 17.0 Å². The lowest BCUT2D eigenvalue weighted by Gasteiger charge is -2.54. The van der Waals surface area contributed by atoms with Crippen molar-refractivity contribution in [1.29, 1.82) is 0 Å². The van der Waals surface area contributed by atoms with E-state index in [2.05, 4.69) is 15.0 Å². The number of nitrogen functional groups attached to an aromatic ring is 1. The summed E-state index contributed by atoms with van der Waals surface area (Å²) in [6.07, 6.45) is -0.207. The Balaban J connectivity index is 1.89. The second-order valence-electron chi connectivity index (χ2n) is 9.72. The molecule has 0 aliphatic carbocycles. The molecule has 0 unspecified atom stereocenters. The normalized spacial score (nSPS) is 24.9. The Labute approximate surface area is 230 Å². The summed E-state index contributed by atoms with van der Waals surface area (Å²) in [6.45, 7) is -0.604. The van der Waals surface area contributed by atoms with Gasteiger partial charge in [0.05, 0.1) is 18.3 Å². The molecular formula is C30H29N5O5. The van der Waals surface area contributed by atoms with Gasteiger partial charge in [-0.3, -0.25) is 4.57 Å². The molecule has 10 heteroatoms. The number of benzene rings is 3. The maximum absolute atomic E-state index is 12.7. The molecule has 0 amide bonds. The van der Waals surface area contributed by atoms with Crippen molar-refractivity contribution in [3.8, 4) is 0 Å². The SMILES string of the molecule is CO[C@@]1(O)[C@H](O)[C@@H](CO)O[C@]1(n1cnc2c(N)ncnc21)C(c1ccccc1)(c1ccccc1)c1ccccc1. The van der Waals surface area contributed by atoms with Gasteiger partial charge in [0.2, 0.25) is 11.5 Å². The van der Waals surface area contributed by atoms with Crippen LogP contribution in [0.2, 0.25) is 0 Å². The summed E-state index contributed by atoms with van der Waals surface area (Å²) in [4.78, 5) is 13.1. The Bertz CT molecular complexity index is 1520. The van der Waals surface area contributed by atoms with Gasteiger partial charge in [0.1, 0.15) is 24.1 Å². The number of aromatic nitrogens is 4. The van der Waals surface area contributed by atoms with Crippen molar-refractivity contribution in [2.45, 2.75) is 29.1 Å². The number of nitrogens with two attached hydrogens (primary N) is 1. The maximum Gasteiger partial charge on any atom is 0.246 e. The quantitative estimate of drug-likeness (QED) is 0.180. The summed E-state index contributed by atoms with van der Waals surface area (Å²) >= 11 is 0. The molecule has 204 valence electrons. The van der Waals surface area contributed by atoms with Gasteiger partial charge in [0, 0.05) is 7.11 Å². The van der Waals surface area contributed by atoms with Crippen LogP contribution in [0, 0.1) is 0 Å². The van der Waals surface area contributed by atoms with Crippen LogP contribution < -0.4 is 5.73 Å². The first kappa shape index (κ1) is 26.1. The summed E-state index contributed by atoms with van der Waals surface area (Å²) in [5.74, 6) is -2.34. The third-order valence-electron chi connectivity index (χ3n) is 7.88. The fourth-order valence-corrected chi connectivity index (χ4v) is 6.22. The van der Waals surface area contributed by atoms with Crippen molar-refractivity contribution in [3.05, 3.63) is 120 Å². The molecule has 2 aromatic heterocycles. The van der Waals surface area contributed by atoms with Crippen LogP contribution in [0.3, 0.4) is 0 Å². The lowest BCUT2D eigenvalue weighted by Crippen LogP contribution is -2.69. The van der Waals surface area contributed by atoms with Crippen LogP contribution in [0.5, 0.6) is 0 Å². The van der Waals surface area contributed by atoms with Crippen LogP contribution in [0.15, 0.2) is 104 Å². The number of aliphatic hydroxyl groups is 3. The highest BCUT2D eigenvalue weighted by Crippen LogP contribution is 2.61. The van der Waals surface area contributed by atoms with E-state index in [0.29, 0.717) is 16.7 Å². The zero-order valence-corrected chi connectivity index (χ0v) is 21.7. The van der Waals surface area contributed by atoms with E-state index in [0.717, 1.165) is 0 Å². The predicted molar refractivity (Wildman–Crippen MR) is 147 cm³/mol. The van der Waals surface area contributed by atoms with Crippen LogP contribution in [-0.4, -0.2) is 66.6 Å². The smallest absolute Gasteiger partial charge is 0.246 e. The Hall–Kier alpha value is -4.19. The monoisotopic (exact) mass is 539 g/mol. The highest BCUT2D eigenvalue weighted by Gasteiger charge is 2.77. The van der Waals surface area contributed by atoms with Gasteiger partial charge in [-0.15, -0.1) is 0 Å². The number of hydrogen-bond donors (Lipinski definition) is 4. The number of anilines is 1. The van der Waals surface area contributed by atoms with Crippen LogP contribution in [0.1, 0.15) is 16.7 Å². The number of imidazole rings is 1. The van der Waals surface area contributed by atoms with Crippen molar-refractivity contribution in [1.82, 2.24) is 19.5 Å². The summed E-state index contributed by atoms with van der Waals surface area (Å²) in [6, 6.07) is 28.5. The number of fused-ring (bicyclic) bond motifs is 1. The molecule has 3 aromatic carbocycles. The van der Waals surface area contributed by atoms with E-state index >= 15 is 0 Å². The Morgan fingerprint density at radius 3 is 1.90 bits per heavy atom. The average molecular weight is 540 g/mol. The number of hydrogen-bond acceptors (Lipinski definition) is 9. The molecule has 5 aromatic rings. The van der Waals surface area contributed by atoms with Gasteiger partial charge in [-0.1, -0.05) is 91.0 Å². The molecule has 0 saturated carbocycles. The molecule has 1 aliphatic rings. The van der Waals surface area contributed by atoms with Crippen LogP contribution in [0.25, 0.3) is 11.2 Å². The molecule has 0 radical (unpaired) electrons. The highest BCUT2D eigenvalue weighted by atomic mass is 16.7. The number of aliphatic hydroxyl groups excluding tert-OH is 2. The molecule has 1 aliphatic heterocycles. The van der Waals surface area contributed by atoms with Gasteiger partial charge in [-0.05, 0) is 16.7 Å². The van der Waals surface area contributed by atoms with E-state index in [-0.39, 0.29) is 17.0 Å². The molecule has 1 fully saturated rings. The standard InChI is InChI=1S/C30H29N5O5/c1-39-29(38)25(37)23(17-36)40-30(29,35-19-34-24-26(31)32-18-33-27(24)35)28(20-11-5-2-6-12-20,21-13-7-3-8-14-21)22-15-9-4-10-16-22/h2-16,18-19,23,25,36-38H,17H2,1H3,(H2,31,32,33)/t23-,25-,29+,30-/m1/s1. The summed E-state index contributed by atoms with van der Waals surface area (Å²) in [7, 11) is 1.29. The molecule has 5 N–H and O–H groups in total. The fraction of sp³-hybridized carbons (Fsp3) is 0.233. The van der Waals surface area contributed by atoms with Crippen molar-refractivity contribution in [3.63, 3.8) is 0 Å². The van der Waals surface area contributed by atoms with E-state index in [1.54, 1.807) is 0 Å². The van der Waals surface area contributed by atoms with Crippen LogP contribution in [-0.2, 0) is 20.6 Å². The van der Waals surface area contributed by atoms with E-state index < -0.39 is 35.7 Å². The number of ether oxygens (including phenoxy) is 2. The second-order valence-corrected chi connectivity index (χ2v) is 9.72. The fourth-order valence-electron chi connectivity index (χ4n) is 6.22. The zero-order chi connectivity index (χ0) is 28.0. The predicted octanol–water partition coefficient (Wildman–Crippen LogP) is 2.18. The maximum atomic E-state index is 12.7. The largest absolute Gasteiger partial charge is 0.394 e. The highest BCUT2D eigenvalue weighted by molar-refractivity contribution is 5.81. The first-order valence-electron chi connectivity index (χ1n) is 12.8. The average Bonchev–Trinajstić information content (AvgIpc) is 3.54. The summed E-state index contributed by atoms with van der Waals surface area (Å²) in [5.41, 5.74) is 5.33. The topological polar surface area (TPSA) is 149 Å². The first-order chi connectivity index (χ1) is 19.5. The van der Waals surface area contributed by atoms with Gasteiger partial charge in [-0.2, -0.15) is 0 Å². The number of rotatable bonds is 7. The first-order valence-corrected chi connectivity index (χ1v) is 12.8. The molecule has 0 bridgehead atoms. The van der Waals surface area contributed by atoms with Gasteiger partial charge >= 0.3 is 0 Å². The van der Waals surface area contributed by atoms with Crippen molar-refractivity contribution < 1.29 is 24.8 Å². The number of nitrogens with zero attached hydrogens (tertiary/aromatic N) is 4. The van der Waals surface area contributed by atoms with E-state index in [1.807, 2.05) is 91.0 Å². The second kappa shape index (κ2) is 9.77. The Morgan fingerprint density at radius 2 is 1.43 bits per heavy atom. The van der Waals surface area contributed by atoms with E-state index in [1.165, 1.54) is 24.3 Å². The molecule has 1 saturated heterocycles. The minimum atomic E-state index is -2.46. The van der Waals surface area contributed by atoms with Crippen molar-refractivity contribution in [2.75, 3.05) is 19.5 Å². The molecule has 40 heavy (non-hydrogen) atoms. The van der Waals surface area contributed by atoms with Crippen LogP contribution in [0.4, 0.5) is 5.82 Å². The molecule has 0 spiro atoms. The lowest BCUT2D eigenvalue weighted by molar-refractivity contribution is -0.326. The Kier molecular flexibility index (Phi) is 6.37. The van der Waals surface area contributed by atoms with Gasteiger partial charge in [0.25, 0.3) is 0 Å². The minimum Gasteiger partial charge on any atom is -0.394 e. The minimum absolute atomic E-state index is 0.127. The summed E-state index contributed by atoms with van der Waals surface area (Å²) < 4.78 is 14.2. The molecular weight excluding hydrogens is 510 g/mol. The Morgan fingerprint density at radius 1 is 0.900 bits per heavy atom. The molecule has 4 atom stereocenters. The van der Waals surface area contributed by atoms with Gasteiger partial charge in [0.15, 0.2) is 11.5 Å². The van der Waals surface area contributed by atoms with Crippen LogP contribution >= 0.6 is 0 Å². The molecule has 6 rings (SSSR count). The molecule has 10 nitrogen and oxygen atoms in total. The third-order valence-corrected chi connectivity index (χ3v) is 7.88. The van der Waals surface area contributed by atoms with Gasteiger partial charge < -0.3 is 30.5 Å². The van der Waals surface area contributed by atoms with E-state index in [4.69, 9.17) is 15.2 Å². The number of methoxy groups -OCH3 is 1. The molecule has 3 heterocycles. The van der Waals surface area contributed by atoms with Crippen molar-refractivity contribution in [2.24, 2.45) is 0 Å². The third kappa shape index (κ3) is 3.31. The van der Waals surface area contributed by atoms with E-state index in [9.17, 15) is 15.3 Å². The zero-order valence-electron chi connectivity index (χ0n) is 21.7. The lowest BCUT2D eigenvalue weighted by atomic mass is 9.59. The van der Waals surface area contributed by atoms with Gasteiger partial charge in [-0.25, -0.2) is 15.0 Å².